The molecule has 37 heavy (non-hydrogen) atoms. The molecular formula is C22H29F3N8O4. The first-order chi connectivity index (χ1) is 17.5. The Balaban J connectivity index is 1.36. The van der Waals surface area contributed by atoms with Crippen molar-refractivity contribution in [2.75, 3.05) is 26.2 Å². The first-order valence-electron chi connectivity index (χ1n) is 11.7. The van der Waals surface area contributed by atoms with Crippen molar-refractivity contribution >= 4 is 12.0 Å². The number of nitrogens with zero attached hydrogens (tertiary/aromatic N) is 6. The normalized spacial score (nSPS) is 17.1. The van der Waals surface area contributed by atoms with Crippen LogP contribution < -0.4 is 15.4 Å². The lowest BCUT2D eigenvalue weighted by Crippen LogP contribution is -2.43. The highest BCUT2D eigenvalue weighted by Crippen LogP contribution is 2.23. The van der Waals surface area contributed by atoms with Gasteiger partial charge in [0.2, 0.25) is 0 Å². The van der Waals surface area contributed by atoms with Gasteiger partial charge in [0.05, 0.1) is 19.3 Å². The van der Waals surface area contributed by atoms with Crippen molar-refractivity contribution in [2.24, 2.45) is 10.3 Å². The van der Waals surface area contributed by atoms with Crippen LogP contribution in [0.1, 0.15) is 42.7 Å². The topological polar surface area (TPSA) is 135 Å². The van der Waals surface area contributed by atoms with Crippen molar-refractivity contribution in [1.82, 2.24) is 30.6 Å². The highest BCUT2D eigenvalue weighted by molar-refractivity contribution is 5.91. The number of alkyl carbamates (subject to hydrolysis) is 1. The molecule has 3 rings (SSSR count). The summed E-state index contributed by atoms with van der Waals surface area (Å²) in [7, 11) is 0. The average molecular weight is 527 g/mol. The third kappa shape index (κ3) is 9.24. The van der Waals surface area contributed by atoms with Gasteiger partial charge in [-0.25, -0.2) is 4.79 Å². The Labute approximate surface area is 211 Å². The first kappa shape index (κ1) is 27.7. The lowest BCUT2D eigenvalue weighted by molar-refractivity contribution is -0.274. The van der Waals surface area contributed by atoms with E-state index >= 15 is 0 Å². The Morgan fingerprint density at radius 1 is 1.19 bits per heavy atom. The molecule has 1 aromatic carbocycles. The molecule has 202 valence electrons. The quantitative estimate of drug-likeness (QED) is 0.406. The van der Waals surface area contributed by atoms with E-state index in [-0.39, 0.29) is 18.0 Å². The van der Waals surface area contributed by atoms with Gasteiger partial charge in [-0.1, -0.05) is 22.6 Å². The third-order valence-electron chi connectivity index (χ3n) is 5.23. The zero-order chi connectivity index (χ0) is 26.9. The number of hydrogen-bond donors (Lipinski definition) is 2. The van der Waals surface area contributed by atoms with Crippen LogP contribution in [0.3, 0.4) is 0 Å². The van der Waals surface area contributed by atoms with E-state index in [2.05, 4.69) is 36.0 Å². The van der Waals surface area contributed by atoms with Gasteiger partial charge in [-0.15, -0.1) is 18.3 Å². The number of alkyl halides is 3. The van der Waals surface area contributed by atoms with E-state index in [1.165, 1.54) is 24.4 Å². The fraction of sp³-hybridized carbons (Fsp3) is 0.545. The first-order valence-corrected chi connectivity index (χ1v) is 11.7. The molecule has 0 radical (unpaired) electrons. The maximum atomic E-state index is 12.4. The molecule has 0 aliphatic carbocycles. The summed E-state index contributed by atoms with van der Waals surface area (Å²) < 4.78 is 47.4. The molecule has 2 amide bonds. The Bertz CT molecular complexity index is 1090. The van der Waals surface area contributed by atoms with E-state index in [0.29, 0.717) is 38.3 Å². The molecular weight excluding hydrogens is 497 g/mol. The number of hydrogen-bond acceptors (Lipinski definition) is 9. The molecule has 2 N–H and O–H groups in total. The van der Waals surface area contributed by atoms with Crippen LogP contribution >= 0.6 is 0 Å². The van der Waals surface area contributed by atoms with Crippen molar-refractivity contribution in [2.45, 2.75) is 51.7 Å². The average Bonchev–Trinajstić information content (AvgIpc) is 3.46. The number of aryl methyl sites for hydroxylation is 1. The van der Waals surface area contributed by atoms with Crippen LogP contribution in [0.2, 0.25) is 0 Å². The molecule has 1 aliphatic heterocycles. The lowest BCUT2D eigenvalue weighted by atomic mass is 10.0. The summed E-state index contributed by atoms with van der Waals surface area (Å²) in [5.74, 6) is -0.861. The fourth-order valence-electron chi connectivity index (χ4n) is 3.49. The summed E-state index contributed by atoms with van der Waals surface area (Å²) >= 11 is 0. The van der Waals surface area contributed by atoms with Crippen LogP contribution in [0.5, 0.6) is 5.75 Å². The minimum Gasteiger partial charge on any atom is -0.450 e. The van der Waals surface area contributed by atoms with Crippen molar-refractivity contribution < 1.29 is 32.2 Å². The van der Waals surface area contributed by atoms with Crippen LogP contribution in [0.15, 0.2) is 40.8 Å². The number of rotatable bonds is 12. The number of carbonyl (C=O) groups is 2. The van der Waals surface area contributed by atoms with Crippen LogP contribution in [0, 0.1) is 0 Å². The van der Waals surface area contributed by atoms with Crippen LogP contribution in [0.25, 0.3) is 0 Å². The van der Waals surface area contributed by atoms with Crippen LogP contribution in [-0.2, 0) is 17.8 Å². The number of benzene rings is 1. The monoisotopic (exact) mass is 526 g/mol. The van der Waals surface area contributed by atoms with Gasteiger partial charge in [0.25, 0.3) is 5.91 Å². The van der Waals surface area contributed by atoms with Crippen molar-refractivity contribution in [1.29, 1.82) is 0 Å². The molecule has 2 aromatic rings. The lowest BCUT2D eigenvalue weighted by Gasteiger charge is -2.21. The third-order valence-corrected chi connectivity index (χ3v) is 5.23. The summed E-state index contributed by atoms with van der Waals surface area (Å²) in [5.41, 5.74) is 0.0170. The number of halogens is 3. The predicted octanol–water partition coefficient (Wildman–Crippen LogP) is 3.07. The number of nitrogens with one attached hydrogen (secondary N) is 2. The summed E-state index contributed by atoms with van der Waals surface area (Å²) in [4.78, 5) is 23.8. The van der Waals surface area contributed by atoms with E-state index in [9.17, 15) is 22.8 Å². The van der Waals surface area contributed by atoms with Gasteiger partial charge in [0, 0.05) is 26.2 Å². The second-order valence-electron chi connectivity index (χ2n) is 8.60. The molecule has 12 nitrogen and oxygen atoms in total. The Kier molecular flexibility index (Phi) is 9.25. The molecule has 1 atom stereocenters. The van der Waals surface area contributed by atoms with Gasteiger partial charge >= 0.3 is 12.5 Å². The maximum Gasteiger partial charge on any atom is 0.573 e. The highest BCUT2D eigenvalue weighted by Gasteiger charge is 2.33. The van der Waals surface area contributed by atoms with E-state index in [0.717, 1.165) is 12.8 Å². The number of carbonyl (C=O) groups excluding carboxylic acids is 2. The number of amides is 2. The van der Waals surface area contributed by atoms with Crippen molar-refractivity contribution in [3.8, 4) is 5.75 Å². The van der Waals surface area contributed by atoms with E-state index < -0.39 is 23.9 Å². The molecule has 2 heterocycles. The van der Waals surface area contributed by atoms with Gasteiger partial charge in [0.1, 0.15) is 11.3 Å². The molecule has 1 aromatic heterocycles. The van der Waals surface area contributed by atoms with E-state index in [1.54, 1.807) is 17.7 Å². The zero-order valence-electron chi connectivity index (χ0n) is 20.5. The summed E-state index contributed by atoms with van der Waals surface area (Å²) in [6.07, 6.45) is -2.23. The van der Waals surface area contributed by atoms with E-state index in [1.807, 2.05) is 11.9 Å². The molecule has 1 aliphatic rings. The van der Waals surface area contributed by atoms with Gasteiger partial charge in [0.15, 0.2) is 5.69 Å². The molecule has 0 spiro atoms. The van der Waals surface area contributed by atoms with Crippen molar-refractivity contribution in [3.63, 3.8) is 0 Å². The zero-order valence-corrected chi connectivity index (χ0v) is 20.5. The van der Waals surface area contributed by atoms with E-state index in [4.69, 9.17) is 4.74 Å². The number of unbranched alkanes of at least 4 members (excludes halogenated alkanes) is 1. The minimum atomic E-state index is -4.79. The van der Waals surface area contributed by atoms with Gasteiger partial charge in [-0.05, 0) is 44.4 Å². The molecule has 0 bridgehead atoms. The van der Waals surface area contributed by atoms with Crippen LogP contribution in [-0.4, -0.2) is 70.1 Å². The van der Waals surface area contributed by atoms with Gasteiger partial charge < -0.3 is 20.1 Å². The SMILES string of the molecule is CCOC(=O)NCC1(C)CN(CCCCn2cc(C(=O)NCc3cccc(OC(F)(F)F)c3)nn2)N=N1. The Morgan fingerprint density at radius 2 is 1.97 bits per heavy atom. The van der Waals surface area contributed by atoms with Gasteiger partial charge in [-0.3, -0.25) is 14.5 Å². The Hall–Kier alpha value is -3.91. The smallest absolute Gasteiger partial charge is 0.450 e. The van der Waals surface area contributed by atoms with Crippen molar-refractivity contribution in [3.05, 3.63) is 41.7 Å². The number of ether oxygens (including phenoxy) is 2. The predicted molar refractivity (Wildman–Crippen MR) is 123 cm³/mol. The molecule has 15 heteroatoms. The Morgan fingerprint density at radius 3 is 2.73 bits per heavy atom. The van der Waals surface area contributed by atoms with Gasteiger partial charge in [-0.2, -0.15) is 5.11 Å². The molecule has 0 saturated heterocycles. The summed E-state index contributed by atoms with van der Waals surface area (Å²) in [6, 6.07) is 5.35. The summed E-state index contributed by atoms with van der Waals surface area (Å²) in [5, 5.41) is 23.3. The maximum absolute atomic E-state index is 12.4. The summed E-state index contributed by atoms with van der Waals surface area (Å²) in [6.45, 7) is 6.02. The minimum absolute atomic E-state index is 0.000628. The largest absolute Gasteiger partial charge is 0.573 e. The molecule has 1 unspecified atom stereocenters. The molecule has 0 saturated carbocycles. The fourth-order valence-corrected chi connectivity index (χ4v) is 3.49. The molecule has 0 fully saturated rings. The highest BCUT2D eigenvalue weighted by atomic mass is 19.4. The second kappa shape index (κ2) is 12.4. The number of aromatic nitrogens is 3. The standard InChI is InChI=1S/C22H29F3N8O4/c1-3-36-20(35)27-14-21(2)15-33(31-29-21)10-5-4-9-32-13-18(28-30-32)19(34)26-12-16-7-6-8-17(11-16)37-22(23,24)25/h6-8,11,13H,3-5,9-10,12,14-15H2,1-2H3,(H,26,34)(H,27,35). The van der Waals surface area contributed by atoms with Crippen LogP contribution in [0.4, 0.5) is 18.0 Å². The second-order valence-corrected chi connectivity index (χ2v) is 8.60.